The highest BCUT2D eigenvalue weighted by atomic mass is 79.9. The van der Waals surface area contributed by atoms with E-state index in [0.29, 0.717) is 0 Å². The van der Waals surface area contributed by atoms with Crippen LogP contribution in [0.5, 0.6) is 0 Å². The number of aryl methyl sites for hydroxylation is 1. The topological polar surface area (TPSA) is 45.5 Å². The number of halogens is 1. The minimum Gasteiger partial charge on any atom is -0.344 e. The van der Waals surface area contributed by atoms with Crippen LogP contribution in [0.25, 0.3) is 0 Å². The van der Waals surface area contributed by atoms with Gasteiger partial charge in [0.2, 0.25) is 0 Å². The molecule has 122 valence electrons. The molecule has 2 aliphatic rings. The van der Waals surface area contributed by atoms with Gasteiger partial charge in [0.25, 0.3) is 0 Å². The Balaban J connectivity index is 1.71. The normalized spacial score (nSPS) is 32.2. The lowest BCUT2D eigenvalue weighted by atomic mass is 10.0. The third-order valence-corrected chi connectivity index (χ3v) is 4.89. The van der Waals surface area contributed by atoms with Crippen LogP contribution in [0.1, 0.15) is 37.4 Å². The molecule has 0 bridgehead atoms. The zero-order chi connectivity index (χ0) is 16.2. The van der Waals surface area contributed by atoms with Crippen molar-refractivity contribution >= 4 is 15.9 Å². The Morgan fingerprint density at radius 3 is 2.48 bits per heavy atom. The first-order chi connectivity index (χ1) is 10.9. The van der Waals surface area contributed by atoms with Gasteiger partial charge in [-0.2, -0.15) is 0 Å². The van der Waals surface area contributed by atoms with Crippen LogP contribution in [0.15, 0.2) is 41.3 Å². The Hall–Kier alpha value is -1.21. The second kappa shape index (κ2) is 5.41. The summed E-state index contributed by atoms with van der Waals surface area (Å²) < 4.78 is 21.7. The summed E-state index contributed by atoms with van der Waals surface area (Å²) in [7, 11) is 0. The minimum absolute atomic E-state index is 0.141. The van der Waals surface area contributed by atoms with Crippen molar-refractivity contribution in [2.24, 2.45) is 0 Å². The zero-order valence-electron chi connectivity index (χ0n) is 13.3. The molecule has 5 nitrogen and oxygen atoms in total. The molecule has 0 N–H and O–H groups in total. The highest BCUT2D eigenvalue weighted by Crippen LogP contribution is 2.49. The lowest BCUT2D eigenvalue weighted by molar-refractivity contribution is -0.198. The van der Waals surface area contributed by atoms with Crippen molar-refractivity contribution in [1.29, 1.82) is 0 Å². The molecule has 4 atom stereocenters. The zero-order valence-corrected chi connectivity index (χ0v) is 14.9. The third kappa shape index (κ3) is 2.63. The predicted octanol–water partition coefficient (Wildman–Crippen LogP) is 3.74. The first-order valence-electron chi connectivity index (χ1n) is 7.70. The van der Waals surface area contributed by atoms with Crippen molar-refractivity contribution in [3.63, 3.8) is 0 Å². The van der Waals surface area contributed by atoms with Gasteiger partial charge in [0.15, 0.2) is 12.0 Å². The van der Waals surface area contributed by atoms with Crippen molar-refractivity contribution in [2.45, 2.75) is 51.1 Å². The predicted molar refractivity (Wildman–Crippen MR) is 87.8 cm³/mol. The smallest absolute Gasteiger partial charge is 0.165 e. The van der Waals surface area contributed by atoms with E-state index < -0.39 is 5.79 Å². The molecular formula is C17H19BrN2O3. The van der Waals surface area contributed by atoms with Gasteiger partial charge < -0.3 is 18.8 Å². The van der Waals surface area contributed by atoms with Gasteiger partial charge in [-0.15, -0.1) is 0 Å². The largest absolute Gasteiger partial charge is 0.344 e. The Morgan fingerprint density at radius 1 is 1.13 bits per heavy atom. The maximum Gasteiger partial charge on any atom is 0.165 e. The van der Waals surface area contributed by atoms with Crippen molar-refractivity contribution in [1.82, 2.24) is 9.55 Å². The fourth-order valence-electron chi connectivity index (χ4n) is 3.36. The van der Waals surface area contributed by atoms with E-state index in [-0.39, 0.29) is 24.5 Å². The molecule has 1 aromatic carbocycles. The number of imidazole rings is 1. The molecule has 0 aliphatic carbocycles. The second-order valence-corrected chi connectivity index (χ2v) is 7.42. The minimum atomic E-state index is -0.612. The number of benzene rings is 1. The lowest BCUT2D eigenvalue weighted by Gasteiger charge is -2.25. The van der Waals surface area contributed by atoms with E-state index in [0.717, 1.165) is 15.7 Å². The number of rotatable bonds is 2. The van der Waals surface area contributed by atoms with Crippen LogP contribution in [0.2, 0.25) is 0 Å². The van der Waals surface area contributed by atoms with Crippen LogP contribution in [0, 0.1) is 6.92 Å². The first kappa shape index (κ1) is 15.3. The van der Waals surface area contributed by atoms with Gasteiger partial charge in [-0.1, -0.05) is 28.1 Å². The fourth-order valence-corrected chi connectivity index (χ4v) is 3.62. The van der Waals surface area contributed by atoms with E-state index in [1.807, 2.05) is 43.7 Å². The standard InChI is InChI=1S/C17H19BrN2O3/c1-10-8-19-9-20(10)16-15-14(22-17(2,3)23-15)13(21-16)11-4-6-12(18)7-5-11/h4-9,13-16H,1-3H3/t13-,14-,15-,16+/m0/s1. The molecule has 2 fully saturated rings. The van der Waals surface area contributed by atoms with Crippen LogP contribution in [0.4, 0.5) is 0 Å². The summed E-state index contributed by atoms with van der Waals surface area (Å²) >= 11 is 3.47. The van der Waals surface area contributed by atoms with Gasteiger partial charge in [-0.05, 0) is 38.5 Å². The van der Waals surface area contributed by atoms with Gasteiger partial charge in [0.1, 0.15) is 18.3 Å². The Bertz CT molecular complexity index is 713. The van der Waals surface area contributed by atoms with Crippen LogP contribution in [-0.2, 0) is 14.2 Å². The summed E-state index contributed by atoms with van der Waals surface area (Å²) in [5, 5.41) is 0. The summed E-state index contributed by atoms with van der Waals surface area (Å²) in [5.41, 5.74) is 2.13. The van der Waals surface area contributed by atoms with E-state index in [9.17, 15) is 0 Å². The van der Waals surface area contributed by atoms with Crippen molar-refractivity contribution in [2.75, 3.05) is 0 Å². The first-order valence-corrected chi connectivity index (χ1v) is 8.49. The average Bonchev–Trinajstić information content (AvgIpc) is 3.13. The van der Waals surface area contributed by atoms with Gasteiger partial charge in [-0.3, -0.25) is 0 Å². The molecule has 6 heteroatoms. The molecule has 3 heterocycles. The van der Waals surface area contributed by atoms with Crippen molar-refractivity contribution in [3.05, 3.63) is 52.5 Å². The Kier molecular flexibility index (Phi) is 3.61. The van der Waals surface area contributed by atoms with Gasteiger partial charge >= 0.3 is 0 Å². The second-order valence-electron chi connectivity index (χ2n) is 6.51. The molecule has 1 aromatic heterocycles. The van der Waals surface area contributed by atoms with E-state index in [4.69, 9.17) is 14.2 Å². The molecule has 0 saturated carbocycles. The highest BCUT2D eigenvalue weighted by Gasteiger charge is 2.56. The Labute approximate surface area is 143 Å². The summed E-state index contributed by atoms with van der Waals surface area (Å²) in [5.74, 6) is -0.612. The molecule has 0 amide bonds. The molecule has 0 spiro atoms. The summed E-state index contributed by atoms with van der Waals surface area (Å²) in [4.78, 5) is 4.21. The Morgan fingerprint density at radius 2 is 1.83 bits per heavy atom. The van der Waals surface area contributed by atoms with Gasteiger partial charge in [-0.25, -0.2) is 4.98 Å². The highest BCUT2D eigenvalue weighted by molar-refractivity contribution is 9.10. The average molecular weight is 379 g/mol. The summed E-state index contributed by atoms with van der Waals surface area (Å²) in [6.07, 6.45) is 2.91. The molecule has 2 aliphatic heterocycles. The molecule has 23 heavy (non-hydrogen) atoms. The molecule has 4 rings (SSSR count). The monoisotopic (exact) mass is 378 g/mol. The lowest BCUT2D eigenvalue weighted by Crippen LogP contribution is -2.28. The summed E-state index contributed by atoms with van der Waals surface area (Å²) in [6, 6.07) is 8.15. The number of hydrogen-bond donors (Lipinski definition) is 0. The van der Waals surface area contributed by atoms with E-state index in [1.54, 1.807) is 6.33 Å². The number of hydrogen-bond acceptors (Lipinski definition) is 4. The maximum atomic E-state index is 6.33. The molecule has 2 aromatic rings. The van der Waals surface area contributed by atoms with Gasteiger partial charge in [0.05, 0.1) is 6.33 Å². The van der Waals surface area contributed by atoms with E-state index in [1.165, 1.54) is 0 Å². The van der Waals surface area contributed by atoms with Crippen molar-refractivity contribution in [3.8, 4) is 0 Å². The van der Waals surface area contributed by atoms with E-state index >= 15 is 0 Å². The van der Waals surface area contributed by atoms with Crippen LogP contribution in [0.3, 0.4) is 0 Å². The molecule has 0 radical (unpaired) electrons. The molecule has 0 unspecified atom stereocenters. The molecular weight excluding hydrogens is 360 g/mol. The van der Waals surface area contributed by atoms with Crippen molar-refractivity contribution < 1.29 is 14.2 Å². The fraction of sp³-hybridized carbons (Fsp3) is 0.471. The summed E-state index contributed by atoms with van der Waals surface area (Å²) in [6.45, 7) is 5.91. The number of nitrogens with zero attached hydrogens (tertiary/aromatic N) is 2. The van der Waals surface area contributed by atoms with Crippen LogP contribution < -0.4 is 0 Å². The SMILES string of the molecule is Cc1cncn1[C@@H]1O[C@@H](c2ccc(Br)cc2)[C@@H]2OC(C)(C)O[C@@H]21. The number of fused-ring (bicyclic) bond motifs is 1. The van der Waals surface area contributed by atoms with Gasteiger partial charge in [0, 0.05) is 16.4 Å². The van der Waals surface area contributed by atoms with Crippen LogP contribution >= 0.6 is 15.9 Å². The third-order valence-electron chi connectivity index (χ3n) is 4.36. The maximum absolute atomic E-state index is 6.33. The number of aromatic nitrogens is 2. The molecule has 2 saturated heterocycles. The number of ether oxygens (including phenoxy) is 3. The van der Waals surface area contributed by atoms with Crippen LogP contribution in [-0.4, -0.2) is 27.5 Å². The van der Waals surface area contributed by atoms with E-state index in [2.05, 4.69) is 33.0 Å². The quantitative estimate of drug-likeness (QED) is 0.798.